The molecule has 6 nitrogen and oxygen atoms in total. The maximum absolute atomic E-state index is 11.9. The second-order valence-electron chi connectivity index (χ2n) is 5.65. The second-order valence-corrected chi connectivity index (χ2v) is 6.71. The number of anilines is 1. The van der Waals surface area contributed by atoms with Crippen LogP contribution in [0.2, 0.25) is 0 Å². The number of nitrogens with zero attached hydrogens (tertiary/aromatic N) is 2. The van der Waals surface area contributed by atoms with E-state index in [4.69, 9.17) is 0 Å². The fourth-order valence-electron chi connectivity index (χ4n) is 1.87. The van der Waals surface area contributed by atoms with Crippen molar-refractivity contribution in [1.29, 1.82) is 0 Å². The van der Waals surface area contributed by atoms with E-state index in [1.807, 2.05) is 13.8 Å². The first-order chi connectivity index (χ1) is 9.38. The van der Waals surface area contributed by atoms with Gasteiger partial charge >= 0.3 is 6.03 Å². The maximum atomic E-state index is 11.9. The number of carbonyl (C=O) groups is 1. The lowest BCUT2D eigenvalue weighted by Crippen LogP contribution is -2.50. The van der Waals surface area contributed by atoms with E-state index in [0.29, 0.717) is 17.5 Å². The highest BCUT2D eigenvalue weighted by Crippen LogP contribution is 2.18. The topological polar surface area (TPSA) is 87.1 Å². The number of carbonyl (C=O) groups excluding carboxylic acids is 1. The van der Waals surface area contributed by atoms with Crippen LogP contribution in [0, 0.1) is 5.92 Å². The highest BCUT2D eigenvalue weighted by Gasteiger charge is 2.24. The number of amides is 2. The Bertz CT molecular complexity index is 436. The van der Waals surface area contributed by atoms with Crippen molar-refractivity contribution in [1.82, 2.24) is 15.5 Å². The average Bonchev–Trinajstić information content (AvgIpc) is 2.75. The molecule has 0 saturated heterocycles. The molecule has 1 rings (SSSR count). The van der Waals surface area contributed by atoms with Crippen LogP contribution >= 0.6 is 11.3 Å². The van der Waals surface area contributed by atoms with Crippen LogP contribution in [0.15, 0.2) is 0 Å². The summed E-state index contributed by atoms with van der Waals surface area (Å²) >= 11 is 1.38. The summed E-state index contributed by atoms with van der Waals surface area (Å²) in [5, 5.41) is 24.2. The predicted octanol–water partition coefficient (Wildman–Crippen LogP) is 2.41. The van der Waals surface area contributed by atoms with Crippen LogP contribution in [0.5, 0.6) is 0 Å². The van der Waals surface area contributed by atoms with E-state index in [9.17, 15) is 9.90 Å². The number of rotatable bonds is 7. The van der Waals surface area contributed by atoms with Gasteiger partial charge in [0, 0.05) is 6.42 Å². The summed E-state index contributed by atoms with van der Waals surface area (Å²) < 4.78 is 0. The molecular formula is C13H24N4O2S. The van der Waals surface area contributed by atoms with Gasteiger partial charge in [0.25, 0.3) is 0 Å². The summed E-state index contributed by atoms with van der Waals surface area (Å²) in [5.41, 5.74) is -0.607. The molecule has 0 aliphatic carbocycles. The van der Waals surface area contributed by atoms with Crippen LogP contribution in [-0.2, 0) is 6.42 Å². The van der Waals surface area contributed by atoms with Crippen LogP contribution in [0.3, 0.4) is 0 Å². The van der Waals surface area contributed by atoms with Gasteiger partial charge in [0.05, 0.1) is 12.1 Å². The zero-order valence-electron chi connectivity index (χ0n) is 12.6. The molecule has 0 bridgehead atoms. The molecule has 0 saturated carbocycles. The first-order valence-corrected chi connectivity index (χ1v) is 7.72. The van der Waals surface area contributed by atoms with Gasteiger partial charge in [0.1, 0.15) is 5.01 Å². The number of aliphatic hydroxyl groups is 1. The van der Waals surface area contributed by atoms with Gasteiger partial charge in [-0.15, -0.1) is 10.2 Å². The molecule has 7 heteroatoms. The molecule has 20 heavy (non-hydrogen) atoms. The fraction of sp³-hybridized carbons (Fsp3) is 0.769. The SMILES string of the molecule is CCCC(C)(CO)NC(=O)Nc1nnc(CC(C)C)s1. The molecule has 1 aromatic rings. The van der Waals surface area contributed by atoms with E-state index in [1.165, 1.54) is 11.3 Å². The average molecular weight is 300 g/mol. The minimum absolute atomic E-state index is 0.0943. The molecule has 0 fully saturated rings. The molecule has 114 valence electrons. The minimum Gasteiger partial charge on any atom is -0.394 e. The van der Waals surface area contributed by atoms with Gasteiger partial charge in [0.15, 0.2) is 0 Å². The highest BCUT2D eigenvalue weighted by molar-refractivity contribution is 7.15. The molecule has 1 atom stereocenters. The molecule has 2 amide bonds. The second kappa shape index (κ2) is 7.54. The van der Waals surface area contributed by atoms with Crippen LogP contribution in [0.1, 0.15) is 45.5 Å². The van der Waals surface area contributed by atoms with E-state index in [2.05, 4.69) is 34.7 Å². The Kier molecular flexibility index (Phi) is 6.35. The standard InChI is InChI=1S/C13H24N4O2S/c1-5-6-13(4,8-18)15-11(19)14-12-17-16-10(20-12)7-9(2)3/h9,18H,5-8H2,1-4H3,(H2,14,15,17,19). The maximum Gasteiger partial charge on any atom is 0.321 e. The number of nitrogens with one attached hydrogen (secondary N) is 2. The molecule has 0 aromatic carbocycles. The third-order valence-electron chi connectivity index (χ3n) is 2.84. The molecule has 0 aliphatic heterocycles. The lowest BCUT2D eigenvalue weighted by atomic mass is 9.98. The normalized spacial score (nSPS) is 14.1. The Hall–Kier alpha value is -1.21. The summed E-state index contributed by atoms with van der Waals surface area (Å²) in [6.07, 6.45) is 2.45. The van der Waals surface area contributed by atoms with E-state index in [1.54, 1.807) is 0 Å². The van der Waals surface area contributed by atoms with Gasteiger partial charge in [-0.05, 0) is 19.3 Å². The Morgan fingerprint density at radius 3 is 2.70 bits per heavy atom. The third kappa shape index (κ3) is 5.42. The van der Waals surface area contributed by atoms with Gasteiger partial charge < -0.3 is 10.4 Å². The van der Waals surface area contributed by atoms with E-state index in [0.717, 1.165) is 17.8 Å². The van der Waals surface area contributed by atoms with Crippen molar-refractivity contribution in [2.24, 2.45) is 5.92 Å². The van der Waals surface area contributed by atoms with Gasteiger partial charge in [-0.25, -0.2) is 4.79 Å². The Labute approximate surface area is 124 Å². The van der Waals surface area contributed by atoms with Crippen molar-refractivity contribution in [2.45, 2.75) is 52.5 Å². The lowest BCUT2D eigenvalue weighted by molar-refractivity contribution is 0.167. The monoisotopic (exact) mass is 300 g/mol. The first kappa shape index (κ1) is 16.8. The van der Waals surface area contributed by atoms with Crippen molar-refractivity contribution in [3.63, 3.8) is 0 Å². The summed E-state index contributed by atoms with van der Waals surface area (Å²) in [7, 11) is 0. The molecule has 0 aliphatic rings. The lowest BCUT2D eigenvalue weighted by Gasteiger charge is -2.27. The highest BCUT2D eigenvalue weighted by atomic mass is 32.1. The molecule has 1 heterocycles. The summed E-state index contributed by atoms with van der Waals surface area (Å²) in [6, 6.07) is -0.359. The molecule has 0 spiro atoms. The van der Waals surface area contributed by atoms with Crippen molar-refractivity contribution in [3.8, 4) is 0 Å². The molecular weight excluding hydrogens is 276 g/mol. The Balaban J connectivity index is 2.55. The van der Waals surface area contributed by atoms with Crippen molar-refractivity contribution in [3.05, 3.63) is 5.01 Å². The smallest absolute Gasteiger partial charge is 0.321 e. The van der Waals surface area contributed by atoms with Crippen molar-refractivity contribution >= 4 is 22.5 Å². The zero-order valence-corrected chi connectivity index (χ0v) is 13.4. The Morgan fingerprint density at radius 1 is 1.45 bits per heavy atom. The van der Waals surface area contributed by atoms with E-state index >= 15 is 0 Å². The molecule has 3 N–H and O–H groups in total. The van der Waals surface area contributed by atoms with E-state index in [-0.39, 0.29) is 12.6 Å². The van der Waals surface area contributed by atoms with Gasteiger partial charge in [-0.3, -0.25) is 5.32 Å². The van der Waals surface area contributed by atoms with Crippen LogP contribution in [0.4, 0.5) is 9.93 Å². The molecule has 0 radical (unpaired) electrons. The first-order valence-electron chi connectivity index (χ1n) is 6.91. The van der Waals surface area contributed by atoms with Gasteiger partial charge in [-0.2, -0.15) is 0 Å². The summed E-state index contributed by atoms with van der Waals surface area (Å²) in [6.45, 7) is 7.96. The van der Waals surface area contributed by atoms with Gasteiger partial charge in [-0.1, -0.05) is 38.5 Å². The van der Waals surface area contributed by atoms with Gasteiger partial charge in [0.2, 0.25) is 5.13 Å². The number of aromatic nitrogens is 2. The van der Waals surface area contributed by atoms with Crippen LogP contribution in [-0.4, -0.2) is 33.5 Å². The molecule has 1 unspecified atom stereocenters. The predicted molar refractivity (Wildman–Crippen MR) is 81.0 cm³/mol. The zero-order chi connectivity index (χ0) is 15.2. The number of hydrogen-bond donors (Lipinski definition) is 3. The summed E-state index contributed by atoms with van der Waals surface area (Å²) in [4.78, 5) is 11.9. The summed E-state index contributed by atoms with van der Waals surface area (Å²) in [5.74, 6) is 0.506. The third-order valence-corrected chi connectivity index (χ3v) is 3.70. The number of hydrogen-bond acceptors (Lipinski definition) is 5. The Morgan fingerprint density at radius 2 is 2.15 bits per heavy atom. The quantitative estimate of drug-likeness (QED) is 0.721. The van der Waals surface area contributed by atoms with Crippen LogP contribution < -0.4 is 10.6 Å². The largest absolute Gasteiger partial charge is 0.394 e. The minimum atomic E-state index is -0.607. The number of urea groups is 1. The van der Waals surface area contributed by atoms with Crippen LogP contribution in [0.25, 0.3) is 0 Å². The van der Waals surface area contributed by atoms with Crippen molar-refractivity contribution < 1.29 is 9.90 Å². The fourth-order valence-corrected chi connectivity index (χ4v) is 2.82. The number of aliphatic hydroxyl groups excluding tert-OH is 1. The van der Waals surface area contributed by atoms with E-state index < -0.39 is 5.54 Å². The molecule has 1 aromatic heterocycles. The van der Waals surface area contributed by atoms with Crippen molar-refractivity contribution in [2.75, 3.05) is 11.9 Å².